The molecule has 2 N–H and O–H groups in total. The fourth-order valence-electron chi connectivity index (χ4n) is 1.93. The number of rotatable bonds is 4. The molecule has 0 atom stereocenters. The summed E-state index contributed by atoms with van der Waals surface area (Å²) in [5.41, 5.74) is 5.01. The maximum absolute atomic E-state index is 12.8. The lowest BCUT2D eigenvalue weighted by molar-refractivity contribution is -0.137. The third-order valence-corrected chi connectivity index (χ3v) is 3.17. The second-order valence-corrected chi connectivity index (χ2v) is 4.67. The van der Waals surface area contributed by atoms with Gasteiger partial charge in [-0.1, -0.05) is 31.2 Å². The van der Waals surface area contributed by atoms with Gasteiger partial charge in [0, 0.05) is 5.56 Å². The van der Waals surface area contributed by atoms with Crippen LogP contribution in [0.4, 0.5) is 18.9 Å². The SMILES string of the molecule is CCc1ccc(C(=O)NNc2ccccc2C(F)(F)F)cc1. The number of hydrogen-bond acceptors (Lipinski definition) is 2. The highest BCUT2D eigenvalue weighted by Gasteiger charge is 2.33. The Morgan fingerprint density at radius 2 is 1.68 bits per heavy atom. The molecule has 1 amide bonds. The molecule has 2 aromatic carbocycles. The number of alkyl halides is 3. The van der Waals surface area contributed by atoms with E-state index in [2.05, 4.69) is 10.9 Å². The lowest BCUT2D eigenvalue weighted by Crippen LogP contribution is -2.30. The fourth-order valence-corrected chi connectivity index (χ4v) is 1.93. The first kappa shape index (κ1) is 15.9. The van der Waals surface area contributed by atoms with Gasteiger partial charge in [-0.3, -0.25) is 15.6 Å². The van der Waals surface area contributed by atoms with Gasteiger partial charge in [-0.25, -0.2) is 0 Å². The summed E-state index contributed by atoms with van der Waals surface area (Å²) in [5, 5.41) is 0. The fraction of sp³-hybridized carbons (Fsp3) is 0.188. The van der Waals surface area contributed by atoms with Crippen LogP contribution in [-0.2, 0) is 12.6 Å². The third-order valence-electron chi connectivity index (χ3n) is 3.17. The summed E-state index contributed by atoms with van der Waals surface area (Å²) in [6, 6.07) is 11.8. The van der Waals surface area contributed by atoms with Crippen LogP contribution in [0.5, 0.6) is 0 Å². The minimum atomic E-state index is -4.49. The van der Waals surface area contributed by atoms with E-state index in [-0.39, 0.29) is 5.69 Å². The zero-order chi connectivity index (χ0) is 16.2. The maximum Gasteiger partial charge on any atom is 0.418 e. The largest absolute Gasteiger partial charge is 0.418 e. The molecule has 2 aromatic rings. The standard InChI is InChI=1S/C16H15F3N2O/c1-2-11-7-9-12(10-8-11)15(22)21-20-14-6-4-3-5-13(14)16(17,18)19/h3-10,20H,2H2,1H3,(H,21,22). The Kier molecular flexibility index (Phi) is 4.70. The first-order valence-electron chi connectivity index (χ1n) is 6.73. The van der Waals surface area contributed by atoms with Crippen molar-refractivity contribution in [1.29, 1.82) is 0 Å². The average molecular weight is 308 g/mol. The van der Waals surface area contributed by atoms with Crippen LogP contribution in [0.2, 0.25) is 0 Å². The number of carbonyl (C=O) groups is 1. The van der Waals surface area contributed by atoms with E-state index in [1.807, 2.05) is 6.92 Å². The Morgan fingerprint density at radius 1 is 1.05 bits per heavy atom. The molecule has 2 rings (SSSR count). The van der Waals surface area contributed by atoms with Crippen molar-refractivity contribution in [2.24, 2.45) is 0 Å². The molecule has 0 fully saturated rings. The van der Waals surface area contributed by atoms with Gasteiger partial charge in [-0.05, 0) is 36.2 Å². The van der Waals surface area contributed by atoms with E-state index >= 15 is 0 Å². The van der Waals surface area contributed by atoms with E-state index in [1.54, 1.807) is 24.3 Å². The smallest absolute Gasteiger partial charge is 0.298 e. The Morgan fingerprint density at radius 3 is 2.27 bits per heavy atom. The minimum Gasteiger partial charge on any atom is -0.298 e. The normalized spacial score (nSPS) is 11.1. The number of anilines is 1. The topological polar surface area (TPSA) is 41.1 Å². The van der Waals surface area contributed by atoms with Crippen LogP contribution in [0, 0.1) is 0 Å². The van der Waals surface area contributed by atoms with E-state index in [0.717, 1.165) is 18.1 Å². The number of hydrazine groups is 1. The first-order chi connectivity index (χ1) is 10.4. The van der Waals surface area contributed by atoms with E-state index in [9.17, 15) is 18.0 Å². The van der Waals surface area contributed by atoms with E-state index in [0.29, 0.717) is 5.56 Å². The highest BCUT2D eigenvalue weighted by molar-refractivity contribution is 5.94. The van der Waals surface area contributed by atoms with Crippen molar-refractivity contribution in [3.05, 3.63) is 65.2 Å². The van der Waals surface area contributed by atoms with Crippen molar-refractivity contribution in [2.75, 3.05) is 5.43 Å². The average Bonchev–Trinajstić information content (AvgIpc) is 2.52. The molecule has 0 aromatic heterocycles. The lowest BCUT2D eigenvalue weighted by atomic mass is 10.1. The van der Waals surface area contributed by atoms with Crippen molar-refractivity contribution >= 4 is 11.6 Å². The van der Waals surface area contributed by atoms with Gasteiger partial charge in [0.05, 0.1) is 11.3 Å². The molecule has 0 bridgehead atoms. The summed E-state index contributed by atoms with van der Waals surface area (Å²) in [5.74, 6) is -0.500. The molecule has 0 radical (unpaired) electrons. The minimum absolute atomic E-state index is 0.200. The molecular weight excluding hydrogens is 293 g/mol. The summed E-state index contributed by atoms with van der Waals surface area (Å²) in [6.07, 6.45) is -3.64. The van der Waals surface area contributed by atoms with E-state index in [4.69, 9.17) is 0 Å². The summed E-state index contributed by atoms with van der Waals surface area (Å²) in [4.78, 5) is 11.9. The number of amides is 1. The van der Waals surface area contributed by atoms with Crippen molar-refractivity contribution in [3.63, 3.8) is 0 Å². The highest BCUT2D eigenvalue weighted by Crippen LogP contribution is 2.34. The van der Waals surface area contributed by atoms with Gasteiger partial charge in [0.25, 0.3) is 5.91 Å². The highest BCUT2D eigenvalue weighted by atomic mass is 19.4. The van der Waals surface area contributed by atoms with Crippen LogP contribution in [0.25, 0.3) is 0 Å². The molecule has 0 saturated heterocycles. The predicted octanol–water partition coefficient (Wildman–Crippen LogP) is 4.02. The Balaban J connectivity index is 2.08. The van der Waals surface area contributed by atoms with Gasteiger partial charge in [0.15, 0.2) is 0 Å². The molecule has 0 aliphatic carbocycles. The van der Waals surface area contributed by atoms with Gasteiger partial charge in [0.2, 0.25) is 0 Å². The molecule has 3 nitrogen and oxygen atoms in total. The van der Waals surface area contributed by atoms with Crippen LogP contribution in [0.15, 0.2) is 48.5 Å². The molecule has 22 heavy (non-hydrogen) atoms. The van der Waals surface area contributed by atoms with Crippen LogP contribution < -0.4 is 10.9 Å². The zero-order valence-corrected chi connectivity index (χ0v) is 11.9. The van der Waals surface area contributed by atoms with Gasteiger partial charge >= 0.3 is 6.18 Å². The van der Waals surface area contributed by atoms with Crippen LogP contribution in [0.3, 0.4) is 0 Å². The molecule has 0 unspecified atom stereocenters. The Hall–Kier alpha value is -2.50. The first-order valence-corrected chi connectivity index (χ1v) is 6.73. The van der Waals surface area contributed by atoms with Gasteiger partial charge < -0.3 is 0 Å². The number of nitrogens with one attached hydrogen (secondary N) is 2. The van der Waals surface area contributed by atoms with Gasteiger partial charge in [0.1, 0.15) is 0 Å². The third kappa shape index (κ3) is 3.78. The van der Waals surface area contributed by atoms with E-state index in [1.165, 1.54) is 18.2 Å². The quantitative estimate of drug-likeness (QED) is 0.837. The maximum atomic E-state index is 12.8. The summed E-state index contributed by atoms with van der Waals surface area (Å²) >= 11 is 0. The monoisotopic (exact) mass is 308 g/mol. The molecule has 0 aliphatic rings. The molecule has 0 saturated carbocycles. The van der Waals surface area contributed by atoms with Crippen LogP contribution in [-0.4, -0.2) is 5.91 Å². The second-order valence-electron chi connectivity index (χ2n) is 4.67. The number of para-hydroxylation sites is 1. The van der Waals surface area contributed by atoms with Crippen molar-refractivity contribution < 1.29 is 18.0 Å². The molecule has 0 heterocycles. The van der Waals surface area contributed by atoms with Crippen molar-refractivity contribution in [1.82, 2.24) is 5.43 Å². The van der Waals surface area contributed by atoms with Crippen molar-refractivity contribution in [3.8, 4) is 0 Å². The van der Waals surface area contributed by atoms with Gasteiger partial charge in [-0.15, -0.1) is 0 Å². The zero-order valence-electron chi connectivity index (χ0n) is 11.9. The van der Waals surface area contributed by atoms with Crippen molar-refractivity contribution in [2.45, 2.75) is 19.5 Å². The number of carbonyl (C=O) groups excluding carboxylic acids is 1. The van der Waals surface area contributed by atoms with Crippen LogP contribution in [0.1, 0.15) is 28.4 Å². The van der Waals surface area contributed by atoms with E-state index < -0.39 is 17.6 Å². The van der Waals surface area contributed by atoms with Gasteiger partial charge in [-0.2, -0.15) is 13.2 Å². The summed E-state index contributed by atoms with van der Waals surface area (Å²) in [6.45, 7) is 1.99. The molecule has 0 aliphatic heterocycles. The Labute approximate surface area is 126 Å². The number of benzene rings is 2. The lowest BCUT2D eigenvalue weighted by Gasteiger charge is -2.15. The molecule has 6 heteroatoms. The number of halogens is 3. The predicted molar refractivity (Wildman–Crippen MR) is 78.4 cm³/mol. The molecular formula is C16H15F3N2O. The molecule has 0 spiro atoms. The number of aryl methyl sites for hydroxylation is 1. The summed E-state index contributed by atoms with van der Waals surface area (Å²) < 4.78 is 38.5. The summed E-state index contributed by atoms with van der Waals surface area (Å²) in [7, 11) is 0. The number of hydrogen-bond donors (Lipinski definition) is 2. The Bertz CT molecular complexity index is 651. The molecule has 116 valence electrons. The second kappa shape index (κ2) is 6.51. The van der Waals surface area contributed by atoms with Crippen LogP contribution >= 0.6 is 0 Å².